The van der Waals surface area contributed by atoms with E-state index in [4.69, 9.17) is 14.2 Å². The van der Waals surface area contributed by atoms with Crippen molar-refractivity contribution in [3.8, 4) is 5.75 Å². The third-order valence-corrected chi connectivity index (χ3v) is 14.9. The predicted octanol–water partition coefficient (Wildman–Crippen LogP) is 5.71. The minimum atomic E-state index is -2.18. The van der Waals surface area contributed by atoms with Crippen LogP contribution in [0, 0.1) is 34.4 Å². The highest BCUT2D eigenvalue weighted by Gasteiger charge is 2.77. The van der Waals surface area contributed by atoms with Gasteiger partial charge in [-0.2, -0.15) is 0 Å². The molecule has 6 aliphatic rings. The Morgan fingerprint density at radius 2 is 1.85 bits per heavy atom. The van der Waals surface area contributed by atoms with Gasteiger partial charge in [-0.1, -0.05) is 32.4 Å². The molecular formula is C45H55F2N3O9. The number of carbonyl (C=O) groups is 4. The minimum Gasteiger partial charge on any atom is -0.492 e. The van der Waals surface area contributed by atoms with E-state index in [2.05, 4.69) is 5.32 Å². The second-order valence-corrected chi connectivity index (χ2v) is 18.3. The van der Waals surface area contributed by atoms with Crippen LogP contribution >= 0.6 is 0 Å². The fourth-order valence-corrected chi connectivity index (χ4v) is 12.0. The molecule has 14 heteroatoms. The van der Waals surface area contributed by atoms with Crippen molar-refractivity contribution in [3.63, 3.8) is 0 Å². The van der Waals surface area contributed by atoms with Gasteiger partial charge in [0.25, 0.3) is 0 Å². The Labute approximate surface area is 342 Å². The van der Waals surface area contributed by atoms with E-state index in [0.29, 0.717) is 50.0 Å². The molecule has 1 saturated heterocycles. The number of nitrogens with one attached hydrogen (secondary N) is 1. The van der Waals surface area contributed by atoms with Gasteiger partial charge in [-0.25, -0.2) is 13.6 Å². The van der Waals surface area contributed by atoms with Crippen molar-refractivity contribution in [1.29, 1.82) is 0 Å². The van der Waals surface area contributed by atoms with Crippen LogP contribution in [-0.4, -0.2) is 89.9 Å². The molecular weight excluding hydrogens is 765 g/mol. The molecule has 8 rings (SSSR count). The number of halogens is 2. The molecule has 0 bridgehead atoms. The van der Waals surface area contributed by atoms with E-state index in [1.807, 2.05) is 11.8 Å². The van der Waals surface area contributed by atoms with E-state index >= 15 is 8.78 Å². The number of pyridine rings is 1. The van der Waals surface area contributed by atoms with Crippen LogP contribution in [0.4, 0.5) is 14.5 Å². The lowest BCUT2D eigenvalue weighted by Crippen LogP contribution is -2.70. The van der Waals surface area contributed by atoms with Gasteiger partial charge in [0.05, 0.1) is 24.1 Å². The summed E-state index contributed by atoms with van der Waals surface area (Å²) < 4.78 is 53.6. The number of ketones is 2. The van der Waals surface area contributed by atoms with Crippen LogP contribution in [0.15, 0.2) is 40.9 Å². The summed E-state index contributed by atoms with van der Waals surface area (Å²) >= 11 is 0. The molecule has 0 radical (unpaired) electrons. The molecule has 2 N–H and O–H groups in total. The van der Waals surface area contributed by atoms with Gasteiger partial charge >= 0.3 is 11.9 Å². The summed E-state index contributed by atoms with van der Waals surface area (Å²) in [6, 6.07) is 1.14. The highest BCUT2D eigenvalue weighted by Crippen LogP contribution is 2.71. The number of nitrogens with zero attached hydrogens (tertiary/aromatic N) is 2. The van der Waals surface area contributed by atoms with Crippen LogP contribution in [0.2, 0.25) is 0 Å². The van der Waals surface area contributed by atoms with Crippen molar-refractivity contribution in [2.24, 2.45) is 28.6 Å². The van der Waals surface area contributed by atoms with Crippen LogP contribution in [0.1, 0.15) is 102 Å². The van der Waals surface area contributed by atoms with Crippen molar-refractivity contribution < 1.29 is 47.3 Å². The SMILES string of the molecule is CCCC(=O)O[C@]1(C(=O)COC(=O)c2cn(C3CC3)c3c(OC)c(N4CCNC(C)C4)c(F)cc3c2=O)[C@H](C)C[C@H]2[C@@H]3CCC4=CC(=O)C=C[C@]4(C)[C@@]3(F)[C@@H](O)C[C@@]21C. The van der Waals surface area contributed by atoms with E-state index in [0.717, 1.165) is 18.9 Å². The Kier molecular flexibility index (Phi) is 10.2. The molecule has 0 spiro atoms. The number of piperazine rings is 1. The smallest absolute Gasteiger partial charge is 0.344 e. The number of benzene rings is 1. The average Bonchev–Trinajstić information content (AvgIpc) is 4.01. The van der Waals surface area contributed by atoms with Gasteiger partial charge in [-0.05, 0) is 82.9 Å². The zero-order chi connectivity index (χ0) is 42.4. The number of hydrogen-bond acceptors (Lipinski definition) is 11. The van der Waals surface area contributed by atoms with Gasteiger partial charge in [-0.3, -0.25) is 19.2 Å². The minimum absolute atomic E-state index is 0.000423. The number of rotatable bonds is 10. The largest absolute Gasteiger partial charge is 0.492 e. The van der Waals surface area contributed by atoms with Crippen molar-refractivity contribution in [1.82, 2.24) is 9.88 Å². The third-order valence-electron chi connectivity index (χ3n) is 14.9. The topological polar surface area (TPSA) is 153 Å². The third kappa shape index (κ3) is 6.04. The monoisotopic (exact) mass is 819 g/mol. The van der Waals surface area contributed by atoms with Crippen LogP contribution in [0.3, 0.4) is 0 Å². The lowest BCUT2D eigenvalue weighted by molar-refractivity contribution is -0.228. The summed E-state index contributed by atoms with van der Waals surface area (Å²) in [5.41, 5.74) is -6.58. The Morgan fingerprint density at radius 1 is 1.10 bits per heavy atom. The lowest BCUT2D eigenvalue weighted by Gasteiger charge is -2.62. The number of allylic oxidation sites excluding steroid dienone is 4. The first kappa shape index (κ1) is 41.3. The number of carbonyl (C=O) groups excluding carboxylic acids is 4. The second kappa shape index (κ2) is 14.6. The molecule has 0 amide bonds. The first-order valence-corrected chi connectivity index (χ1v) is 21.1. The Balaban J connectivity index is 1.13. The van der Waals surface area contributed by atoms with Gasteiger partial charge < -0.3 is 34.1 Å². The zero-order valence-electron chi connectivity index (χ0n) is 34.7. The fraction of sp³-hybridized carbons (Fsp3) is 0.622. The molecule has 1 aromatic carbocycles. The van der Waals surface area contributed by atoms with Crippen molar-refractivity contribution in [3.05, 3.63) is 57.7 Å². The normalized spacial score (nSPS) is 35.1. The molecule has 1 unspecified atom stereocenters. The summed E-state index contributed by atoms with van der Waals surface area (Å²) in [5, 5.41) is 15.2. The maximum Gasteiger partial charge on any atom is 0.344 e. The number of aliphatic hydroxyl groups is 1. The first-order valence-electron chi connectivity index (χ1n) is 21.1. The van der Waals surface area contributed by atoms with Crippen LogP contribution in [0.5, 0.6) is 5.75 Å². The molecule has 1 aliphatic heterocycles. The van der Waals surface area contributed by atoms with E-state index in [1.54, 1.807) is 38.3 Å². The Bertz CT molecular complexity index is 2250. The van der Waals surface area contributed by atoms with Gasteiger partial charge in [0, 0.05) is 67.0 Å². The zero-order valence-corrected chi connectivity index (χ0v) is 34.7. The molecule has 2 heterocycles. The molecule has 1 aromatic heterocycles. The molecule has 4 saturated carbocycles. The van der Waals surface area contributed by atoms with E-state index in [9.17, 15) is 29.1 Å². The molecule has 5 aliphatic carbocycles. The summed E-state index contributed by atoms with van der Waals surface area (Å²) in [4.78, 5) is 70.7. The summed E-state index contributed by atoms with van der Waals surface area (Å²) in [5.74, 6) is -5.14. The summed E-state index contributed by atoms with van der Waals surface area (Å²) in [7, 11) is 1.42. The molecule has 2 aromatic rings. The molecule has 5 fully saturated rings. The van der Waals surface area contributed by atoms with Crippen LogP contribution < -0.4 is 20.4 Å². The average molecular weight is 820 g/mol. The van der Waals surface area contributed by atoms with E-state index in [1.165, 1.54) is 25.5 Å². The van der Waals surface area contributed by atoms with Gasteiger partial charge in [0.1, 0.15) is 11.3 Å². The fourth-order valence-electron chi connectivity index (χ4n) is 12.0. The van der Waals surface area contributed by atoms with Gasteiger partial charge in [0.2, 0.25) is 11.2 Å². The van der Waals surface area contributed by atoms with Crippen molar-refractivity contribution >= 4 is 40.1 Å². The number of ether oxygens (including phenoxy) is 3. The predicted molar refractivity (Wildman–Crippen MR) is 215 cm³/mol. The second-order valence-electron chi connectivity index (χ2n) is 18.3. The van der Waals surface area contributed by atoms with Gasteiger partial charge in [0.15, 0.2) is 35.2 Å². The molecule has 318 valence electrons. The Morgan fingerprint density at radius 3 is 2.53 bits per heavy atom. The number of fused-ring (bicyclic) bond motifs is 6. The highest BCUT2D eigenvalue weighted by atomic mass is 19.1. The number of hydrogen-bond donors (Lipinski definition) is 2. The number of methoxy groups -OCH3 is 1. The number of alkyl halides is 1. The highest BCUT2D eigenvalue weighted by molar-refractivity contribution is 6.02. The quantitative estimate of drug-likeness (QED) is 0.284. The standard InChI is InChI=1S/C45H55F2N3O9/c1-7-8-36(54)59-45(24(2)17-32-31-12-9-26-18-28(51)13-14-42(26,4)44(31,47)34(52)20-43(32,45)5)35(53)23-58-41(56)30-22-50(27-10-11-27)37-29(39(30)55)19-33(46)38(40(37)57-6)49-16-15-48-25(3)21-49/h13-14,18-19,22,24-25,27,31-32,34,48,52H,7-12,15-17,20-21,23H2,1-6H3/t24-,25?,31+,32+,34+,42+,43+,44+,45+/m1/s1. The van der Waals surface area contributed by atoms with Crippen LogP contribution in [-0.2, 0) is 23.9 Å². The van der Waals surface area contributed by atoms with Gasteiger partial charge in [-0.15, -0.1) is 0 Å². The van der Waals surface area contributed by atoms with E-state index < -0.39 is 87.1 Å². The molecule has 59 heavy (non-hydrogen) atoms. The van der Waals surface area contributed by atoms with Crippen LogP contribution in [0.25, 0.3) is 10.9 Å². The number of anilines is 1. The van der Waals surface area contributed by atoms with Crippen molar-refractivity contribution in [2.45, 2.75) is 115 Å². The number of aromatic nitrogens is 1. The number of Topliss-reactive ketones (excluding diaryl/α,β-unsaturated/α-hetero) is 1. The Hall–Kier alpha value is -4.43. The molecule has 12 nitrogen and oxygen atoms in total. The number of aliphatic hydroxyl groups excluding tert-OH is 1. The maximum atomic E-state index is 17.9. The lowest BCUT2D eigenvalue weighted by atomic mass is 9.44. The summed E-state index contributed by atoms with van der Waals surface area (Å²) in [6.07, 6.45) is 6.86. The summed E-state index contributed by atoms with van der Waals surface area (Å²) in [6.45, 7) is 9.82. The number of esters is 2. The van der Waals surface area contributed by atoms with E-state index in [-0.39, 0.29) is 54.0 Å². The maximum absolute atomic E-state index is 17.9. The van der Waals surface area contributed by atoms with Crippen molar-refractivity contribution in [2.75, 3.05) is 38.3 Å². The first-order chi connectivity index (χ1) is 28.0. The molecule has 9 atom stereocenters.